The molecule has 0 atom stereocenters. The van der Waals surface area contributed by atoms with E-state index in [1.54, 1.807) is 0 Å². The molecule has 0 aliphatic carbocycles. The van der Waals surface area contributed by atoms with Gasteiger partial charge in [-0.05, 0) is 31.9 Å². The summed E-state index contributed by atoms with van der Waals surface area (Å²) in [5.41, 5.74) is 7.68. The molecule has 3 nitrogen and oxygen atoms in total. The Bertz CT molecular complexity index is 361. The highest BCUT2D eigenvalue weighted by Crippen LogP contribution is 2.29. The average molecular weight is 234 g/mol. The van der Waals surface area contributed by atoms with Gasteiger partial charge in [0.2, 0.25) is 0 Å². The summed E-state index contributed by atoms with van der Waals surface area (Å²) in [5.74, 6) is 0.767. The third-order valence-electron chi connectivity index (χ3n) is 2.39. The number of rotatable bonds is 7. The summed E-state index contributed by atoms with van der Waals surface area (Å²) in [7, 11) is 0. The Morgan fingerprint density at radius 2 is 2.24 bits per heavy atom. The van der Waals surface area contributed by atoms with Gasteiger partial charge in [-0.3, -0.25) is 0 Å². The van der Waals surface area contributed by atoms with Crippen LogP contribution in [0.2, 0.25) is 0 Å². The summed E-state index contributed by atoms with van der Waals surface area (Å²) in [4.78, 5) is 0. The second-order valence-corrected chi connectivity index (χ2v) is 3.85. The summed E-state index contributed by atoms with van der Waals surface area (Å²) in [6.07, 6.45) is 6.15. The normalized spacial score (nSPS) is 10.7. The topological polar surface area (TPSA) is 47.3 Å². The fourth-order valence-corrected chi connectivity index (χ4v) is 1.49. The molecule has 0 aliphatic rings. The van der Waals surface area contributed by atoms with Gasteiger partial charge in [-0.1, -0.05) is 25.1 Å². The predicted molar refractivity (Wildman–Crippen MR) is 74.6 cm³/mol. The number of allylic oxidation sites excluding steroid dienone is 1. The molecule has 0 saturated carbocycles. The quantitative estimate of drug-likeness (QED) is 0.431. The molecule has 1 aromatic carbocycles. The van der Waals surface area contributed by atoms with Crippen LogP contribution in [-0.4, -0.2) is 13.2 Å². The minimum Gasteiger partial charge on any atom is -0.491 e. The molecule has 0 radical (unpaired) electrons. The Labute approximate surface area is 104 Å². The number of anilines is 2. The van der Waals surface area contributed by atoms with Crippen LogP contribution in [0.5, 0.6) is 5.75 Å². The van der Waals surface area contributed by atoms with Gasteiger partial charge in [0, 0.05) is 6.54 Å². The lowest BCUT2D eigenvalue weighted by molar-refractivity contribution is 0.319. The van der Waals surface area contributed by atoms with Crippen LogP contribution in [0.1, 0.15) is 26.7 Å². The van der Waals surface area contributed by atoms with E-state index in [4.69, 9.17) is 10.5 Å². The second kappa shape index (κ2) is 7.60. The highest BCUT2D eigenvalue weighted by molar-refractivity contribution is 5.72. The highest BCUT2D eigenvalue weighted by Gasteiger charge is 2.04. The Morgan fingerprint density at radius 1 is 1.41 bits per heavy atom. The van der Waals surface area contributed by atoms with Gasteiger partial charge in [0.25, 0.3) is 0 Å². The van der Waals surface area contributed by atoms with Crippen molar-refractivity contribution in [2.75, 3.05) is 24.2 Å². The van der Waals surface area contributed by atoms with Crippen molar-refractivity contribution in [3.8, 4) is 5.75 Å². The lowest BCUT2D eigenvalue weighted by Crippen LogP contribution is -2.05. The van der Waals surface area contributed by atoms with Gasteiger partial charge in [-0.15, -0.1) is 0 Å². The first kappa shape index (κ1) is 13.4. The van der Waals surface area contributed by atoms with Gasteiger partial charge < -0.3 is 15.8 Å². The summed E-state index contributed by atoms with van der Waals surface area (Å²) in [5, 5.41) is 3.31. The van der Waals surface area contributed by atoms with Crippen LogP contribution in [0.25, 0.3) is 0 Å². The van der Waals surface area contributed by atoms with Gasteiger partial charge in [0.05, 0.1) is 18.0 Å². The molecular formula is C14H22N2O. The molecule has 0 spiro atoms. The monoisotopic (exact) mass is 234 g/mol. The van der Waals surface area contributed by atoms with Gasteiger partial charge >= 0.3 is 0 Å². The lowest BCUT2D eigenvalue weighted by Gasteiger charge is -2.13. The summed E-state index contributed by atoms with van der Waals surface area (Å²) in [6.45, 7) is 5.68. The molecule has 1 rings (SSSR count). The van der Waals surface area contributed by atoms with E-state index in [1.165, 1.54) is 0 Å². The van der Waals surface area contributed by atoms with Crippen LogP contribution in [0.15, 0.2) is 30.4 Å². The number of nitrogens with one attached hydrogen (secondary N) is 1. The summed E-state index contributed by atoms with van der Waals surface area (Å²) < 4.78 is 5.58. The number of hydrogen-bond acceptors (Lipinski definition) is 3. The van der Waals surface area contributed by atoms with Gasteiger partial charge in [0.1, 0.15) is 5.75 Å². The van der Waals surface area contributed by atoms with E-state index in [9.17, 15) is 0 Å². The Morgan fingerprint density at radius 3 is 2.94 bits per heavy atom. The summed E-state index contributed by atoms with van der Waals surface area (Å²) >= 11 is 0. The van der Waals surface area contributed by atoms with E-state index in [0.29, 0.717) is 12.3 Å². The van der Waals surface area contributed by atoms with Crippen molar-refractivity contribution in [1.29, 1.82) is 0 Å². The number of nitrogen functional groups attached to an aromatic ring is 1. The molecule has 0 heterocycles. The number of nitrogens with two attached hydrogens (primary N) is 1. The van der Waals surface area contributed by atoms with Gasteiger partial charge in [-0.25, -0.2) is 0 Å². The smallest absolute Gasteiger partial charge is 0.144 e. The lowest BCUT2D eigenvalue weighted by atomic mass is 10.2. The summed E-state index contributed by atoms with van der Waals surface area (Å²) in [6, 6.07) is 5.84. The van der Waals surface area contributed by atoms with Crippen molar-refractivity contribution in [3.05, 3.63) is 30.4 Å². The Kier molecular flexibility index (Phi) is 6.00. The Hall–Kier alpha value is -1.64. The van der Waals surface area contributed by atoms with E-state index in [1.807, 2.05) is 31.2 Å². The molecule has 0 fully saturated rings. The zero-order valence-electron chi connectivity index (χ0n) is 10.7. The fourth-order valence-electron chi connectivity index (χ4n) is 1.49. The van der Waals surface area contributed by atoms with Gasteiger partial charge in [-0.2, -0.15) is 0 Å². The number of ether oxygens (including phenoxy) is 1. The number of para-hydroxylation sites is 1. The van der Waals surface area contributed by atoms with Crippen molar-refractivity contribution in [2.24, 2.45) is 0 Å². The fraction of sp³-hybridized carbons (Fsp3) is 0.429. The third kappa shape index (κ3) is 4.39. The SMILES string of the molecule is C/C=C/CCNc1cccc(OCCC)c1N. The van der Waals surface area contributed by atoms with Crippen LogP contribution < -0.4 is 15.8 Å². The first-order valence-corrected chi connectivity index (χ1v) is 6.16. The molecule has 0 aromatic heterocycles. The van der Waals surface area contributed by atoms with E-state index in [0.717, 1.165) is 30.8 Å². The zero-order valence-corrected chi connectivity index (χ0v) is 10.7. The molecule has 3 heteroatoms. The van der Waals surface area contributed by atoms with Crippen LogP contribution in [0.3, 0.4) is 0 Å². The number of benzene rings is 1. The minimum absolute atomic E-state index is 0.696. The number of hydrogen-bond donors (Lipinski definition) is 2. The van der Waals surface area contributed by atoms with Crippen molar-refractivity contribution in [1.82, 2.24) is 0 Å². The molecule has 0 bridgehead atoms. The molecule has 0 unspecified atom stereocenters. The highest BCUT2D eigenvalue weighted by atomic mass is 16.5. The Balaban J connectivity index is 2.59. The third-order valence-corrected chi connectivity index (χ3v) is 2.39. The molecule has 17 heavy (non-hydrogen) atoms. The van der Waals surface area contributed by atoms with Crippen LogP contribution in [0.4, 0.5) is 11.4 Å². The van der Waals surface area contributed by atoms with E-state index < -0.39 is 0 Å². The molecular weight excluding hydrogens is 212 g/mol. The van der Waals surface area contributed by atoms with Crippen molar-refractivity contribution in [3.63, 3.8) is 0 Å². The minimum atomic E-state index is 0.696. The van der Waals surface area contributed by atoms with Crippen LogP contribution in [0, 0.1) is 0 Å². The molecule has 0 aliphatic heterocycles. The predicted octanol–water partition coefficient (Wildman–Crippen LogP) is 3.44. The molecule has 94 valence electrons. The first-order valence-electron chi connectivity index (χ1n) is 6.16. The standard InChI is InChI=1S/C14H22N2O/c1-3-5-6-10-16-12-8-7-9-13(14(12)15)17-11-4-2/h3,5,7-9,16H,4,6,10-11,15H2,1-2H3/b5-3+. The molecule has 1 aromatic rings. The van der Waals surface area contributed by atoms with Gasteiger partial charge in [0.15, 0.2) is 0 Å². The van der Waals surface area contributed by atoms with Crippen molar-refractivity contribution < 1.29 is 4.74 Å². The zero-order chi connectivity index (χ0) is 12.5. The van der Waals surface area contributed by atoms with Crippen LogP contribution >= 0.6 is 0 Å². The maximum atomic E-state index is 6.03. The maximum absolute atomic E-state index is 6.03. The van der Waals surface area contributed by atoms with Crippen molar-refractivity contribution >= 4 is 11.4 Å². The largest absolute Gasteiger partial charge is 0.491 e. The molecule has 0 saturated heterocycles. The average Bonchev–Trinajstić information content (AvgIpc) is 2.35. The molecule has 0 amide bonds. The van der Waals surface area contributed by atoms with Crippen LogP contribution in [-0.2, 0) is 0 Å². The van der Waals surface area contributed by atoms with E-state index in [2.05, 4.69) is 18.3 Å². The van der Waals surface area contributed by atoms with E-state index >= 15 is 0 Å². The van der Waals surface area contributed by atoms with Crippen molar-refractivity contribution in [2.45, 2.75) is 26.7 Å². The second-order valence-electron chi connectivity index (χ2n) is 3.85. The molecule has 3 N–H and O–H groups in total. The first-order chi connectivity index (χ1) is 8.29. The van der Waals surface area contributed by atoms with E-state index in [-0.39, 0.29) is 0 Å². The maximum Gasteiger partial charge on any atom is 0.144 e.